The van der Waals surface area contributed by atoms with Crippen molar-refractivity contribution >= 4 is 23.5 Å². The third-order valence-electron chi connectivity index (χ3n) is 4.05. The number of hydrogen-bond acceptors (Lipinski definition) is 8. The van der Waals surface area contributed by atoms with Crippen molar-refractivity contribution in [2.75, 3.05) is 14.2 Å². The molecule has 0 aliphatic carbocycles. The first-order chi connectivity index (χ1) is 11.4. The van der Waals surface area contributed by atoms with Gasteiger partial charge in [0.2, 0.25) is 11.8 Å². The van der Waals surface area contributed by atoms with Gasteiger partial charge in [0, 0.05) is 12.8 Å². The van der Waals surface area contributed by atoms with E-state index >= 15 is 0 Å². The maximum Gasteiger partial charge on any atom is 0.305 e. The summed E-state index contributed by atoms with van der Waals surface area (Å²) in [6.45, 7) is 7.41. The standard InChI is InChI=1S/C16H25N3O5/c1-8(2)13-15(21-5)18-14(16(17-13)22-6)9(3)11-7-12(24-19-11)23-10(4)20/h8-9,12-14H,7H2,1-6H3/t9-,12?,13+,14-/m1/s1. The highest BCUT2D eigenvalue weighted by atomic mass is 16.8. The van der Waals surface area contributed by atoms with Gasteiger partial charge in [-0.2, -0.15) is 0 Å². The number of rotatable bonds is 4. The first-order valence-corrected chi connectivity index (χ1v) is 8.00. The van der Waals surface area contributed by atoms with E-state index in [1.807, 2.05) is 6.92 Å². The fourth-order valence-electron chi connectivity index (χ4n) is 2.72. The van der Waals surface area contributed by atoms with E-state index in [0.717, 1.165) is 5.71 Å². The lowest BCUT2D eigenvalue weighted by atomic mass is 9.92. The van der Waals surface area contributed by atoms with Crippen LogP contribution < -0.4 is 0 Å². The Morgan fingerprint density at radius 3 is 2.25 bits per heavy atom. The number of nitrogens with zero attached hydrogens (tertiary/aromatic N) is 3. The molecular formula is C16H25N3O5. The first kappa shape index (κ1) is 18.2. The summed E-state index contributed by atoms with van der Waals surface area (Å²) in [6.07, 6.45) is -0.277. The molecule has 4 atom stereocenters. The van der Waals surface area contributed by atoms with Crippen molar-refractivity contribution in [2.45, 2.75) is 52.5 Å². The van der Waals surface area contributed by atoms with Gasteiger partial charge in [0.1, 0.15) is 12.1 Å². The second-order valence-corrected chi connectivity index (χ2v) is 6.20. The Labute approximate surface area is 141 Å². The highest BCUT2D eigenvalue weighted by molar-refractivity contribution is 5.99. The second-order valence-electron chi connectivity index (χ2n) is 6.20. The Morgan fingerprint density at radius 2 is 1.71 bits per heavy atom. The summed E-state index contributed by atoms with van der Waals surface area (Å²) in [6, 6.07) is -0.512. The zero-order valence-corrected chi connectivity index (χ0v) is 15.0. The number of carbonyl (C=O) groups is 1. The molecule has 0 saturated carbocycles. The third-order valence-corrected chi connectivity index (χ3v) is 4.05. The highest BCUT2D eigenvalue weighted by Crippen LogP contribution is 2.26. The minimum absolute atomic E-state index is 0.123. The normalized spacial score (nSPS) is 27.6. The summed E-state index contributed by atoms with van der Waals surface area (Å²) < 4.78 is 15.9. The molecule has 2 aliphatic heterocycles. The summed E-state index contributed by atoms with van der Waals surface area (Å²) in [5.41, 5.74) is 0.748. The van der Waals surface area contributed by atoms with Crippen molar-refractivity contribution in [2.24, 2.45) is 27.0 Å². The quantitative estimate of drug-likeness (QED) is 0.728. The lowest BCUT2D eigenvalue weighted by Crippen LogP contribution is -2.42. The zero-order valence-electron chi connectivity index (χ0n) is 15.0. The molecule has 2 rings (SSSR count). The molecule has 0 aromatic heterocycles. The number of esters is 1. The fourth-order valence-corrected chi connectivity index (χ4v) is 2.72. The molecule has 0 radical (unpaired) electrons. The molecule has 8 heteroatoms. The van der Waals surface area contributed by atoms with Crippen molar-refractivity contribution in [3.63, 3.8) is 0 Å². The smallest absolute Gasteiger partial charge is 0.305 e. The van der Waals surface area contributed by atoms with E-state index in [9.17, 15) is 4.79 Å². The largest absolute Gasteiger partial charge is 0.483 e. The second kappa shape index (κ2) is 7.63. The van der Waals surface area contributed by atoms with Gasteiger partial charge in [-0.25, -0.2) is 9.98 Å². The van der Waals surface area contributed by atoms with Gasteiger partial charge in [0.05, 0.1) is 26.4 Å². The summed E-state index contributed by atoms with van der Waals surface area (Å²) in [7, 11) is 3.17. The van der Waals surface area contributed by atoms with Crippen molar-refractivity contribution in [3.8, 4) is 0 Å². The van der Waals surface area contributed by atoms with Gasteiger partial charge >= 0.3 is 5.97 Å². The maximum absolute atomic E-state index is 11.0. The van der Waals surface area contributed by atoms with Crippen LogP contribution in [-0.2, 0) is 23.8 Å². The highest BCUT2D eigenvalue weighted by Gasteiger charge is 2.38. The van der Waals surface area contributed by atoms with Crippen LogP contribution in [0.15, 0.2) is 15.1 Å². The number of oxime groups is 1. The SMILES string of the molecule is COC1=N[C@H]([C@H](C)C2=NOC(OC(C)=O)C2)C(OC)=N[C@H]1C(C)C. The summed E-state index contributed by atoms with van der Waals surface area (Å²) in [5, 5.41) is 4.04. The Morgan fingerprint density at radius 1 is 1.12 bits per heavy atom. The minimum Gasteiger partial charge on any atom is -0.483 e. The molecule has 24 heavy (non-hydrogen) atoms. The molecule has 0 aromatic rings. The monoisotopic (exact) mass is 339 g/mol. The van der Waals surface area contributed by atoms with E-state index < -0.39 is 12.3 Å². The van der Waals surface area contributed by atoms with Crippen molar-refractivity contribution in [3.05, 3.63) is 0 Å². The number of methoxy groups -OCH3 is 2. The van der Waals surface area contributed by atoms with Crippen LogP contribution in [0, 0.1) is 11.8 Å². The third kappa shape index (κ3) is 3.85. The zero-order chi connectivity index (χ0) is 17.9. The lowest BCUT2D eigenvalue weighted by molar-refractivity contribution is -0.170. The van der Waals surface area contributed by atoms with Gasteiger partial charge in [-0.05, 0) is 5.92 Å². The number of carbonyl (C=O) groups excluding carboxylic acids is 1. The first-order valence-electron chi connectivity index (χ1n) is 8.00. The van der Waals surface area contributed by atoms with E-state index in [4.69, 9.17) is 19.0 Å². The van der Waals surface area contributed by atoms with E-state index in [0.29, 0.717) is 18.2 Å². The van der Waals surface area contributed by atoms with Gasteiger partial charge in [0.15, 0.2) is 0 Å². The van der Waals surface area contributed by atoms with Gasteiger partial charge in [0.25, 0.3) is 6.29 Å². The van der Waals surface area contributed by atoms with Crippen LogP contribution in [0.25, 0.3) is 0 Å². The predicted octanol–water partition coefficient (Wildman–Crippen LogP) is 1.78. The molecule has 1 unspecified atom stereocenters. The molecule has 0 aromatic carbocycles. The van der Waals surface area contributed by atoms with Crippen LogP contribution in [0.1, 0.15) is 34.1 Å². The minimum atomic E-state index is -0.680. The maximum atomic E-state index is 11.0. The lowest BCUT2D eigenvalue weighted by Gasteiger charge is -2.29. The van der Waals surface area contributed by atoms with E-state index in [2.05, 4.69) is 29.0 Å². The molecule has 134 valence electrons. The van der Waals surface area contributed by atoms with Gasteiger partial charge < -0.3 is 19.0 Å². The topological polar surface area (TPSA) is 91.1 Å². The molecule has 0 spiro atoms. The molecule has 0 amide bonds. The molecule has 2 heterocycles. The van der Waals surface area contributed by atoms with Gasteiger partial charge in [-0.3, -0.25) is 4.79 Å². The van der Waals surface area contributed by atoms with Crippen LogP contribution >= 0.6 is 0 Å². The van der Waals surface area contributed by atoms with E-state index in [-0.39, 0.29) is 23.9 Å². The van der Waals surface area contributed by atoms with Gasteiger partial charge in [-0.15, -0.1) is 0 Å². The number of ether oxygens (including phenoxy) is 3. The Hall–Kier alpha value is -2.12. The van der Waals surface area contributed by atoms with Crippen LogP contribution in [0.2, 0.25) is 0 Å². The summed E-state index contributed by atoms with van der Waals surface area (Å²) in [5.74, 6) is 0.841. The average Bonchev–Trinajstić information content (AvgIpc) is 3.00. The Bertz CT molecular complexity index is 570. The summed E-state index contributed by atoms with van der Waals surface area (Å²) in [4.78, 5) is 25.5. The molecule has 2 aliphatic rings. The molecule has 0 N–H and O–H groups in total. The average molecular weight is 339 g/mol. The van der Waals surface area contributed by atoms with Crippen molar-refractivity contribution in [1.29, 1.82) is 0 Å². The fraction of sp³-hybridized carbons (Fsp3) is 0.750. The Kier molecular flexibility index (Phi) is 5.80. The molecular weight excluding hydrogens is 314 g/mol. The molecule has 0 fully saturated rings. The van der Waals surface area contributed by atoms with Crippen LogP contribution in [0.3, 0.4) is 0 Å². The van der Waals surface area contributed by atoms with Crippen molar-refractivity contribution in [1.82, 2.24) is 0 Å². The summed E-state index contributed by atoms with van der Waals surface area (Å²) >= 11 is 0. The Balaban J connectivity index is 2.16. The van der Waals surface area contributed by atoms with Crippen LogP contribution in [0.4, 0.5) is 0 Å². The number of hydrogen-bond donors (Lipinski definition) is 0. The molecule has 0 saturated heterocycles. The van der Waals surface area contributed by atoms with E-state index in [1.54, 1.807) is 14.2 Å². The van der Waals surface area contributed by atoms with E-state index in [1.165, 1.54) is 6.92 Å². The molecule has 8 nitrogen and oxygen atoms in total. The predicted molar refractivity (Wildman–Crippen MR) is 89.2 cm³/mol. The van der Waals surface area contributed by atoms with Crippen molar-refractivity contribution < 1.29 is 23.8 Å². The van der Waals surface area contributed by atoms with Crippen LogP contribution in [-0.4, -0.2) is 56.1 Å². The van der Waals surface area contributed by atoms with Crippen LogP contribution in [0.5, 0.6) is 0 Å². The number of aliphatic imine (C=N–C) groups is 2. The van der Waals surface area contributed by atoms with Gasteiger partial charge in [-0.1, -0.05) is 25.9 Å². The molecule has 0 bridgehead atoms.